The number of benzene rings is 2. The van der Waals surface area contributed by atoms with Crippen molar-refractivity contribution in [3.8, 4) is 5.75 Å². The van der Waals surface area contributed by atoms with Gasteiger partial charge in [-0.2, -0.15) is 0 Å². The fourth-order valence-electron chi connectivity index (χ4n) is 3.71. The monoisotopic (exact) mass is 495 g/mol. The molecule has 1 atom stereocenters. The van der Waals surface area contributed by atoms with E-state index in [1.807, 2.05) is 0 Å². The fraction of sp³-hybridized carbons (Fsp3) is 0.200. The van der Waals surface area contributed by atoms with Crippen LogP contribution in [0.3, 0.4) is 0 Å². The van der Waals surface area contributed by atoms with Gasteiger partial charge in [0.2, 0.25) is 0 Å². The van der Waals surface area contributed by atoms with Gasteiger partial charge in [0.15, 0.2) is 5.17 Å². The van der Waals surface area contributed by atoms with Crippen LogP contribution in [0.15, 0.2) is 75.8 Å². The molecule has 180 valence electrons. The molecule has 0 aliphatic carbocycles. The molecular weight excluding hydrogens is 473 g/mol. The van der Waals surface area contributed by atoms with Crippen molar-refractivity contribution in [1.82, 2.24) is 4.90 Å². The summed E-state index contributed by atoms with van der Waals surface area (Å²) >= 11 is 1.01. The standard InChI is InChI=1S/C25H22FN3O5S/c1-4-34-24(32)21-14(2)27-25-29(22(21)15-5-11-18(33-3)12-6-15)20(30)13-19(35-25)23(31)28-17-9-7-16(26)8-10-17/h5-13,22H,4H2,1-3H3,(H,28,31)/t22-/m0/s1. The van der Waals surface area contributed by atoms with Crippen LogP contribution in [0.25, 0.3) is 0 Å². The number of aliphatic imine (C=N–C) groups is 1. The number of hydrogen-bond acceptors (Lipinski definition) is 7. The average molecular weight is 496 g/mol. The highest BCUT2D eigenvalue weighted by Crippen LogP contribution is 2.42. The Labute approximate surface area is 205 Å². The molecule has 2 aliphatic rings. The summed E-state index contributed by atoms with van der Waals surface area (Å²) in [4.78, 5) is 45.0. The second-order valence-electron chi connectivity index (χ2n) is 7.57. The summed E-state index contributed by atoms with van der Waals surface area (Å²) < 4.78 is 23.7. The Morgan fingerprint density at radius 1 is 1.14 bits per heavy atom. The van der Waals surface area contributed by atoms with Gasteiger partial charge in [-0.3, -0.25) is 14.5 Å². The van der Waals surface area contributed by atoms with Crippen LogP contribution in [-0.4, -0.2) is 41.6 Å². The van der Waals surface area contributed by atoms with E-state index in [1.54, 1.807) is 45.2 Å². The second-order valence-corrected chi connectivity index (χ2v) is 8.58. The number of methoxy groups -OCH3 is 1. The Bertz CT molecular complexity index is 1270. The van der Waals surface area contributed by atoms with E-state index in [4.69, 9.17) is 9.47 Å². The Balaban J connectivity index is 1.71. The Morgan fingerprint density at radius 2 is 1.83 bits per heavy atom. The molecule has 0 radical (unpaired) electrons. The molecule has 2 aromatic carbocycles. The largest absolute Gasteiger partial charge is 0.497 e. The van der Waals surface area contributed by atoms with Gasteiger partial charge in [-0.05, 0) is 67.6 Å². The molecule has 10 heteroatoms. The minimum Gasteiger partial charge on any atom is -0.497 e. The maximum atomic E-state index is 13.3. The number of carbonyl (C=O) groups is 3. The molecule has 35 heavy (non-hydrogen) atoms. The van der Waals surface area contributed by atoms with Gasteiger partial charge in [0.25, 0.3) is 11.8 Å². The summed E-state index contributed by atoms with van der Waals surface area (Å²) in [6.45, 7) is 3.52. The molecule has 2 aromatic rings. The lowest BCUT2D eigenvalue weighted by Crippen LogP contribution is -2.45. The number of esters is 1. The van der Waals surface area contributed by atoms with E-state index < -0.39 is 29.6 Å². The normalized spacial score (nSPS) is 17.3. The number of halogens is 1. The topological polar surface area (TPSA) is 97.3 Å². The first-order valence-electron chi connectivity index (χ1n) is 10.7. The number of nitrogens with one attached hydrogen (secondary N) is 1. The predicted octanol–water partition coefficient (Wildman–Crippen LogP) is 4.18. The first kappa shape index (κ1) is 24.2. The van der Waals surface area contributed by atoms with Crippen LogP contribution in [-0.2, 0) is 19.1 Å². The van der Waals surface area contributed by atoms with Gasteiger partial charge >= 0.3 is 5.97 Å². The lowest BCUT2D eigenvalue weighted by molar-refractivity contribution is -0.139. The van der Waals surface area contributed by atoms with Gasteiger partial charge in [-0.1, -0.05) is 12.1 Å². The van der Waals surface area contributed by atoms with E-state index in [-0.39, 0.29) is 22.3 Å². The number of fused-ring (bicyclic) bond motifs is 1. The number of amidine groups is 1. The van der Waals surface area contributed by atoms with Gasteiger partial charge < -0.3 is 14.8 Å². The van der Waals surface area contributed by atoms with Crippen LogP contribution in [0.4, 0.5) is 10.1 Å². The molecule has 2 heterocycles. The van der Waals surface area contributed by atoms with Gasteiger partial charge in [-0.25, -0.2) is 14.2 Å². The van der Waals surface area contributed by atoms with Gasteiger partial charge in [0.1, 0.15) is 11.6 Å². The number of amides is 2. The molecule has 0 aromatic heterocycles. The summed E-state index contributed by atoms with van der Waals surface area (Å²) in [5.74, 6) is -1.43. The van der Waals surface area contributed by atoms with Gasteiger partial charge in [0, 0.05) is 11.8 Å². The van der Waals surface area contributed by atoms with Crippen molar-refractivity contribution < 1.29 is 28.2 Å². The zero-order valence-corrected chi connectivity index (χ0v) is 20.0. The number of allylic oxidation sites excluding steroid dienone is 1. The Hall–Kier alpha value is -3.92. The van der Waals surface area contributed by atoms with E-state index in [2.05, 4.69) is 10.3 Å². The summed E-state index contributed by atoms with van der Waals surface area (Å²) in [6.07, 6.45) is 1.20. The molecule has 0 unspecified atom stereocenters. The van der Waals surface area contributed by atoms with Crippen molar-refractivity contribution in [1.29, 1.82) is 0 Å². The predicted molar refractivity (Wildman–Crippen MR) is 130 cm³/mol. The van der Waals surface area contributed by atoms with Crippen LogP contribution in [0.5, 0.6) is 5.75 Å². The van der Waals surface area contributed by atoms with Crippen LogP contribution in [0.1, 0.15) is 25.5 Å². The van der Waals surface area contributed by atoms with Crippen LogP contribution < -0.4 is 10.1 Å². The third-order valence-electron chi connectivity index (χ3n) is 5.34. The highest BCUT2D eigenvalue weighted by molar-refractivity contribution is 8.18. The molecule has 1 N–H and O–H groups in total. The van der Waals surface area contributed by atoms with E-state index in [9.17, 15) is 18.8 Å². The highest BCUT2D eigenvalue weighted by Gasteiger charge is 2.42. The third kappa shape index (κ3) is 4.97. The number of carbonyl (C=O) groups excluding carboxylic acids is 3. The molecular formula is C25H22FN3O5S. The molecule has 8 nitrogen and oxygen atoms in total. The minimum absolute atomic E-state index is 0.121. The molecule has 0 bridgehead atoms. The van der Waals surface area contributed by atoms with E-state index >= 15 is 0 Å². The molecule has 0 saturated heterocycles. The van der Waals surface area contributed by atoms with Crippen molar-refractivity contribution in [2.45, 2.75) is 19.9 Å². The number of nitrogens with zero attached hydrogens (tertiary/aromatic N) is 2. The molecule has 4 rings (SSSR count). The maximum absolute atomic E-state index is 13.3. The quantitative estimate of drug-likeness (QED) is 0.604. The molecule has 0 fully saturated rings. The fourth-order valence-corrected chi connectivity index (χ4v) is 4.68. The first-order chi connectivity index (χ1) is 16.8. The number of rotatable bonds is 6. The summed E-state index contributed by atoms with van der Waals surface area (Å²) in [7, 11) is 1.54. The van der Waals surface area contributed by atoms with Crippen molar-refractivity contribution in [3.63, 3.8) is 0 Å². The van der Waals surface area contributed by atoms with Crippen LogP contribution in [0, 0.1) is 5.82 Å². The number of thioether (sulfide) groups is 1. The number of anilines is 1. The SMILES string of the molecule is CCOC(=O)C1=C(C)N=C2SC(C(=O)Nc3ccc(F)cc3)=CC(=O)N2[C@H]1c1ccc(OC)cc1. The van der Waals surface area contributed by atoms with Crippen LogP contribution in [0.2, 0.25) is 0 Å². The molecule has 0 saturated carbocycles. The first-order valence-corrected chi connectivity index (χ1v) is 11.5. The number of ether oxygens (including phenoxy) is 2. The van der Waals surface area contributed by atoms with E-state index in [0.29, 0.717) is 22.7 Å². The average Bonchev–Trinajstić information content (AvgIpc) is 2.84. The smallest absolute Gasteiger partial charge is 0.338 e. The van der Waals surface area contributed by atoms with Crippen molar-refractivity contribution in [2.75, 3.05) is 19.0 Å². The zero-order valence-electron chi connectivity index (χ0n) is 19.2. The maximum Gasteiger partial charge on any atom is 0.338 e. The van der Waals surface area contributed by atoms with Gasteiger partial charge in [-0.15, -0.1) is 0 Å². The lowest BCUT2D eigenvalue weighted by atomic mass is 9.94. The Kier molecular flexibility index (Phi) is 7.02. The van der Waals surface area contributed by atoms with Crippen molar-refractivity contribution >= 4 is 40.4 Å². The lowest BCUT2D eigenvalue weighted by Gasteiger charge is -2.38. The molecule has 0 spiro atoms. The van der Waals surface area contributed by atoms with E-state index in [1.165, 1.54) is 35.2 Å². The molecule has 2 aliphatic heterocycles. The van der Waals surface area contributed by atoms with E-state index in [0.717, 1.165) is 11.8 Å². The van der Waals surface area contributed by atoms with Crippen LogP contribution >= 0.6 is 11.8 Å². The van der Waals surface area contributed by atoms with Crippen molar-refractivity contribution in [3.05, 3.63) is 82.2 Å². The molecule has 2 amide bonds. The number of hydrogen-bond donors (Lipinski definition) is 1. The summed E-state index contributed by atoms with van der Waals surface area (Å²) in [5.41, 5.74) is 1.66. The van der Waals surface area contributed by atoms with Crippen molar-refractivity contribution in [2.24, 2.45) is 4.99 Å². The summed E-state index contributed by atoms with van der Waals surface area (Å²) in [5, 5.41) is 2.90. The minimum atomic E-state index is -0.801. The van der Waals surface area contributed by atoms with Gasteiger partial charge in [0.05, 0.1) is 35.9 Å². The second kappa shape index (κ2) is 10.1. The highest BCUT2D eigenvalue weighted by atomic mass is 32.2. The summed E-state index contributed by atoms with van der Waals surface area (Å²) in [6, 6.07) is 11.5. The third-order valence-corrected chi connectivity index (χ3v) is 6.33. The zero-order chi connectivity index (χ0) is 25.1. The Morgan fingerprint density at radius 3 is 2.46 bits per heavy atom.